The van der Waals surface area contributed by atoms with Crippen LogP contribution in [0.3, 0.4) is 0 Å². The summed E-state index contributed by atoms with van der Waals surface area (Å²) in [5.41, 5.74) is 0.767. The Morgan fingerprint density at radius 3 is 2.38 bits per heavy atom. The summed E-state index contributed by atoms with van der Waals surface area (Å²) in [6.07, 6.45) is 0.0623. The van der Waals surface area contributed by atoms with Crippen LogP contribution in [-0.2, 0) is 0 Å². The van der Waals surface area contributed by atoms with E-state index in [0.717, 1.165) is 5.56 Å². The van der Waals surface area contributed by atoms with Gasteiger partial charge in [0.2, 0.25) is 5.88 Å². The van der Waals surface area contributed by atoms with Crippen LogP contribution in [0.5, 0.6) is 17.4 Å². The lowest BCUT2D eigenvalue weighted by Gasteiger charge is -2.14. The van der Waals surface area contributed by atoms with E-state index in [1.807, 2.05) is 32.0 Å². The maximum Gasteiger partial charge on any atom is 0.218 e. The Labute approximate surface area is 128 Å². The molecular weight excluding hydrogens is 292 g/mol. The fourth-order valence-corrected chi connectivity index (χ4v) is 1.96. The Bertz CT molecular complexity index is 632. The molecule has 2 aromatic rings. The van der Waals surface area contributed by atoms with Gasteiger partial charge >= 0.3 is 0 Å². The van der Waals surface area contributed by atoms with Crippen LogP contribution in [0, 0.1) is 0 Å². The molecule has 1 aromatic heterocycles. The van der Waals surface area contributed by atoms with Crippen molar-refractivity contribution in [3.63, 3.8) is 0 Å². The molecular formula is C15H17ClN2O3. The average Bonchev–Trinajstić information content (AvgIpc) is 2.46. The van der Waals surface area contributed by atoms with E-state index in [2.05, 4.69) is 9.97 Å². The molecule has 0 aliphatic heterocycles. The summed E-state index contributed by atoms with van der Waals surface area (Å²) >= 11 is 5.97. The molecule has 0 amide bonds. The summed E-state index contributed by atoms with van der Waals surface area (Å²) in [7, 11) is 3.12. The van der Waals surface area contributed by atoms with E-state index in [1.165, 1.54) is 7.11 Å². The van der Waals surface area contributed by atoms with Gasteiger partial charge in [-0.3, -0.25) is 0 Å². The Morgan fingerprint density at radius 2 is 1.76 bits per heavy atom. The summed E-state index contributed by atoms with van der Waals surface area (Å²) in [6.45, 7) is 3.91. The smallest absolute Gasteiger partial charge is 0.218 e. The average molecular weight is 309 g/mol. The molecule has 0 saturated heterocycles. The predicted molar refractivity (Wildman–Crippen MR) is 81.3 cm³/mol. The maximum atomic E-state index is 5.97. The van der Waals surface area contributed by atoms with Crippen molar-refractivity contribution in [1.29, 1.82) is 0 Å². The first-order chi connectivity index (χ1) is 10.0. The second-order valence-corrected chi connectivity index (χ2v) is 4.98. The van der Waals surface area contributed by atoms with Crippen molar-refractivity contribution in [3.05, 3.63) is 29.4 Å². The molecule has 0 spiro atoms. The van der Waals surface area contributed by atoms with E-state index in [9.17, 15) is 0 Å². The SMILES string of the molecule is COc1cc(Cl)nc(-c2ccc(OC(C)C)c(OC)c2)n1. The van der Waals surface area contributed by atoms with Gasteiger partial charge in [-0.15, -0.1) is 0 Å². The number of rotatable bonds is 5. The third-order valence-corrected chi connectivity index (χ3v) is 2.86. The highest BCUT2D eigenvalue weighted by Crippen LogP contribution is 2.32. The predicted octanol–water partition coefficient (Wildman–Crippen LogP) is 3.60. The van der Waals surface area contributed by atoms with Gasteiger partial charge in [-0.2, -0.15) is 4.98 Å². The van der Waals surface area contributed by atoms with Crippen molar-refractivity contribution >= 4 is 11.6 Å². The molecule has 2 rings (SSSR count). The zero-order valence-corrected chi connectivity index (χ0v) is 13.1. The molecule has 0 fully saturated rings. The fourth-order valence-electron chi connectivity index (χ4n) is 1.79. The zero-order chi connectivity index (χ0) is 15.4. The molecule has 6 heteroatoms. The monoisotopic (exact) mass is 308 g/mol. The first-order valence-corrected chi connectivity index (χ1v) is 6.85. The van der Waals surface area contributed by atoms with Crippen LogP contribution in [-0.4, -0.2) is 30.3 Å². The van der Waals surface area contributed by atoms with Gasteiger partial charge in [-0.1, -0.05) is 11.6 Å². The first kappa shape index (κ1) is 15.4. The van der Waals surface area contributed by atoms with Crippen molar-refractivity contribution in [2.24, 2.45) is 0 Å². The molecule has 5 nitrogen and oxygen atoms in total. The van der Waals surface area contributed by atoms with Gasteiger partial charge in [0.1, 0.15) is 5.15 Å². The molecule has 0 bridgehead atoms. The number of aromatic nitrogens is 2. The van der Waals surface area contributed by atoms with Crippen molar-refractivity contribution < 1.29 is 14.2 Å². The lowest BCUT2D eigenvalue weighted by atomic mass is 10.2. The highest BCUT2D eigenvalue weighted by Gasteiger charge is 2.12. The lowest BCUT2D eigenvalue weighted by Crippen LogP contribution is -2.06. The van der Waals surface area contributed by atoms with Crippen molar-refractivity contribution in [3.8, 4) is 28.8 Å². The third kappa shape index (κ3) is 3.76. The van der Waals surface area contributed by atoms with Gasteiger partial charge in [0, 0.05) is 11.6 Å². The molecule has 21 heavy (non-hydrogen) atoms. The van der Waals surface area contributed by atoms with Crippen LogP contribution >= 0.6 is 11.6 Å². The van der Waals surface area contributed by atoms with Crippen LogP contribution in [0.15, 0.2) is 24.3 Å². The van der Waals surface area contributed by atoms with E-state index in [4.69, 9.17) is 25.8 Å². The van der Waals surface area contributed by atoms with Gasteiger partial charge < -0.3 is 14.2 Å². The molecule has 0 saturated carbocycles. The fraction of sp³-hybridized carbons (Fsp3) is 0.333. The largest absolute Gasteiger partial charge is 0.493 e. The standard InChI is InChI=1S/C15H17ClN2O3/c1-9(2)21-11-6-5-10(7-12(11)19-3)15-17-13(16)8-14(18-15)20-4/h5-9H,1-4H3. The molecule has 112 valence electrons. The Hall–Kier alpha value is -2.01. The van der Waals surface area contributed by atoms with Crippen LogP contribution in [0.1, 0.15) is 13.8 Å². The minimum atomic E-state index is 0.0623. The maximum absolute atomic E-state index is 5.97. The number of benzene rings is 1. The van der Waals surface area contributed by atoms with Crippen LogP contribution in [0.4, 0.5) is 0 Å². The normalized spacial score (nSPS) is 10.6. The molecule has 1 heterocycles. The van der Waals surface area contributed by atoms with E-state index in [1.54, 1.807) is 13.2 Å². The quantitative estimate of drug-likeness (QED) is 0.790. The highest BCUT2D eigenvalue weighted by molar-refractivity contribution is 6.29. The number of nitrogens with zero attached hydrogens (tertiary/aromatic N) is 2. The summed E-state index contributed by atoms with van der Waals surface area (Å²) < 4.78 is 16.1. The van der Waals surface area contributed by atoms with E-state index in [-0.39, 0.29) is 6.10 Å². The van der Waals surface area contributed by atoms with Crippen LogP contribution in [0.2, 0.25) is 5.15 Å². The first-order valence-electron chi connectivity index (χ1n) is 6.47. The highest BCUT2D eigenvalue weighted by atomic mass is 35.5. The van der Waals surface area contributed by atoms with Gasteiger partial charge in [-0.25, -0.2) is 4.98 Å². The second kappa shape index (κ2) is 6.63. The number of methoxy groups -OCH3 is 2. The second-order valence-electron chi connectivity index (χ2n) is 4.59. The molecule has 0 atom stereocenters. The topological polar surface area (TPSA) is 53.5 Å². The van der Waals surface area contributed by atoms with Gasteiger partial charge in [0.05, 0.1) is 20.3 Å². The lowest BCUT2D eigenvalue weighted by molar-refractivity contribution is 0.230. The number of hydrogen-bond acceptors (Lipinski definition) is 5. The Kier molecular flexibility index (Phi) is 4.85. The molecule has 0 radical (unpaired) electrons. The summed E-state index contributed by atoms with van der Waals surface area (Å²) in [5, 5.41) is 0.318. The zero-order valence-electron chi connectivity index (χ0n) is 12.4. The van der Waals surface area contributed by atoms with E-state index >= 15 is 0 Å². The summed E-state index contributed by atoms with van der Waals surface area (Å²) in [4.78, 5) is 8.47. The molecule has 0 unspecified atom stereocenters. The Morgan fingerprint density at radius 1 is 1.00 bits per heavy atom. The number of hydrogen-bond donors (Lipinski definition) is 0. The number of halogens is 1. The van der Waals surface area contributed by atoms with Crippen LogP contribution in [0.25, 0.3) is 11.4 Å². The molecule has 1 aromatic carbocycles. The van der Waals surface area contributed by atoms with E-state index < -0.39 is 0 Å². The minimum absolute atomic E-state index is 0.0623. The molecule has 0 N–H and O–H groups in total. The number of ether oxygens (including phenoxy) is 3. The van der Waals surface area contributed by atoms with Gasteiger partial charge in [0.25, 0.3) is 0 Å². The Balaban J connectivity index is 2.43. The molecule has 0 aliphatic carbocycles. The minimum Gasteiger partial charge on any atom is -0.493 e. The summed E-state index contributed by atoms with van der Waals surface area (Å²) in [6, 6.07) is 7.04. The van der Waals surface area contributed by atoms with Crippen molar-refractivity contribution in [1.82, 2.24) is 9.97 Å². The van der Waals surface area contributed by atoms with Crippen molar-refractivity contribution in [2.45, 2.75) is 20.0 Å². The summed E-state index contributed by atoms with van der Waals surface area (Å²) in [5.74, 6) is 2.16. The van der Waals surface area contributed by atoms with Crippen molar-refractivity contribution in [2.75, 3.05) is 14.2 Å². The van der Waals surface area contributed by atoms with Gasteiger partial charge in [-0.05, 0) is 32.0 Å². The third-order valence-electron chi connectivity index (χ3n) is 2.67. The van der Waals surface area contributed by atoms with E-state index in [0.29, 0.717) is 28.4 Å². The van der Waals surface area contributed by atoms with Crippen LogP contribution < -0.4 is 14.2 Å². The van der Waals surface area contributed by atoms with Gasteiger partial charge in [0.15, 0.2) is 17.3 Å². The molecule has 0 aliphatic rings.